The average Bonchev–Trinajstić information content (AvgIpc) is 2.96. The molecule has 0 radical (unpaired) electrons. The topological polar surface area (TPSA) is 103 Å². The summed E-state index contributed by atoms with van der Waals surface area (Å²) in [7, 11) is 4.43. The van der Waals surface area contributed by atoms with Crippen molar-refractivity contribution in [1.82, 2.24) is 15.3 Å². The fraction of sp³-hybridized carbons (Fsp3) is 0.357. The van der Waals surface area contributed by atoms with Gasteiger partial charge in [-0.3, -0.25) is 19.5 Å². The molecule has 1 aliphatic carbocycles. The first-order valence-electron chi connectivity index (χ1n) is 12.4. The van der Waals surface area contributed by atoms with Crippen molar-refractivity contribution < 1.29 is 28.2 Å². The molecule has 1 aromatic heterocycles. The number of nitrogens with one attached hydrogen (secondary N) is 1. The molecule has 10 heteroatoms. The van der Waals surface area contributed by atoms with Crippen LogP contribution in [0.1, 0.15) is 54.2 Å². The van der Waals surface area contributed by atoms with Crippen LogP contribution in [0.5, 0.6) is 17.2 Å². The monoisotopic (exact) mass is 522 g/mol. The van der Waals surface area contributed by atoms with Crippen molar-refractivity contribution >= 4 is 17.5 Å². The summed E-state index contributed by atoms with van der Waals surface area (Å²) in [6.45, 7) is 0. The van der Waals surface area contributed by atoms with E-state index in [0.717, 1.165) is 32.1 Å². The van der Waals surface area contributed by atoms with Crippen LogP contribution >= 0.6 is 0 Å². The Balaban J connectivity index is 1.89. The second-order valence-electron chi connectivity index (χ2n) is 8.95. The number of hydrogen-bond donors (Lipinski definition) is 1. The zero-order valence-corrected chi connectivity index (χ0v) is 21.6. The number of rotatable bonds is 9. The van der Waals surface area contributed by atoms with Gasteiger partial charge in [-0.1, -0.05) is 19.3 Å². The number of methoxy groups -OCH3 is 3. The summed E-state index contributed by atoms with van der Waals surface area (Å²) >= 11 is 0. The second kappa shape index (κ2) is 12.4. The van der Waals surface area contributed by atoms with Crippen LogP contribution in [0.2, 0.25) is 0 Å². The zero-order chi connectivity index (χ0) is 27.1. The van der Waals surface area contributed by atoms with E-state index in [0.29, 0.717) is 28.5 Å². The molecule has 4 rings (SSSR count). The highest BCUT2D eigenvalue weighted by molar-refractivity contribution is 6.09. The molecule has 1 fully saturated rings. The maximum atomic E-state index is 14.1. The van der Waals surface area contributed by atoms with E-state index < -0.39 is 23.7 Å². The Morgan fingerprint density at radius 1 is 0.974 bits per heavy atom. The van der Waals surface area contributed by atoms with Crippen LogP contribution in [-0.2, 0) is 4.79 Å². The molecule has 1 atom stereocenters. The Morgan fingerprint density at radius 3 is 2.18 bits per heavy atom. The number of benzene rings is 2. The van der Waals surface area contributed by atoms with Gasteiger partial charge in [0.05, 0.1) is 27.5 Å². The van der Waals surface area contributed by atoms with Crippen molar-refractivity contribution in [3.8, 4) is 17.2 Å². The number of halogens is 1. The van der Waals surface area contributed by atoms with E-state index in [1.165, 1.54) is 69.1 Å². The van der Waals surface area contributed by atoms with Crippen molar-refractivity contribution in [2.24, 2.45) is 0 Å². The summed E-state index contributed by atoms with van der Waals surface area (Å²) in [6, 6.07) is 7.42. The molecular weight excluding hydrogens is 491 g/mol. The van der Waals surface area contributed by atoms with Gasteiger partial charge in [0.25, 0.3) is 5.91 Å². The molecule has 0 aliphatic heterocycles. The minimum atomic E-state index is -1.18. The first-order chi connectivity index (χ1) is 18.5. The SMILES string of the molecule is COc1cc([C@@H](C(=O)NC2CCCCC2)N(C(=O)c2cnccn2)c2ccc(F)cc2)cc(OC)c1OC. The summed E-state index contributed by atoms with van der Waals surface area (Å²) in [5.41, 5.74) is 0.744. The number of anilines is 1. The number of carbonyl (C=O) groups is 2. The van der Waals surface area contributed by atoms with E-state index in [1.54, 1.807) is 12.1 Å². The van der Waals surface area contributed by atoms with E-state index in [1.807, 2.05) is 0 Å². The van der Waals surface area contributed by atoms with E-state index in [2.05, 4.69) is 15.3 Å². The highest BCUT2D eigenvalue weighted by atomic mass is 19.1. The lowest BCUT2D eigenvalue weighted by Gasteiger charge is -2.33. The van der Waals surface area contributed by atoms with E-state index in [9.17, 15) is 14.0 Å². The number of amides is 2. The molecule has 2 aromatic carbocycles. The number of carbonyl (C=O) groups excluding carboxylic acids is 2. The average molecular weight is 523 g/mol. The Bertz CT molecular complexity index is 1220. The molecule has 0 spiro atoms. The quantitative estimate of drug-likeness (QED) is 0.442. The fourth-order valence-electron chi connectivity index (χ4n) is 4.72. The maximum absolute atomic E-state index is 14.1. The molecule has 2 amide bonds. The number of hydrogen-bond acceptors (Lipinski definition) is 7. The lowest BCUT2D eigenvalue weighted by atomic mass is 9.94. The third-order valence-corrected chi connectivity index (χ3v) is 6.57. The molecule has 38 heavy (non-hydrogen) atoms. The number of nitrogens with zero attached hydrogens (tertiary/aromatic N) is 3. The first-order valence-corrected chi connectivity index (χ1v) is 12.4. The van der Waals surface area contributed by atoms with E-state index in [-0.39, 0.29) is 11.7 Å². The number of ether oxygens (including phenoxy) is 3. The predicted molar refractivity (Wildman–Crippen MR) is 139 cm³/mol. The van der Waals surface area contributed by atoms with Gasteiger partial charge in [-0.25, -0.2) is 9.37 Å². The molecule has 0 unspecified atom stereocenters. The first kappa shape index (κ1) is 26.8. The zero-order valence-electron chi connectivity index (χ0n) is 21.6. The predicted octanol–water partition coefficient (Wildman–Crippen LogP) is 4.48. The van der Waals surface area contributed by atoms with Crippen LogP contribution in [0.3, 0.4) is 0 Å². The summed E-state index contributed by atoms with van der Waals surface area (Å²) < 4.78 is 30.4. The van der Waals surface area contributed by atoms with Crippen LogP contribution in [0.4, 0.5) is 10.1 Å². The standard InChI is InChI=1S/C28H31FN4O5/c1-36-23-15-18(16-24(37-2)26(23)38-3)25(27(34)32-20-7-5-4-6-8-20)33(21-11-9-19(29)10-12-21)28(35)22-17-30-13-14-31-22/h9-17,20,25H,4-8H2,1-3H3,(H,32,34)/t25-/m0/s1. The summed E-state index contributed by atoms with van der Waals surface area (Å²) in [6.07, 6.45) is 9.02. The van der Waals surface area contributed by atoms with Gasteiger partial charge < -0.3 is 19.5 Å². The van der Waals surface area contributed by atoms with Crippen LogP contribution in [0.15, 0.2) is 55.0 Å². The van der Waals surface area contributed by atoms with Crippen molar-refractivity contribution in [3.63, 3.8) is 0 Å². The van der Waals surface area contributed by atoms with Gasteiger partial charge in [-0.05, 0) is 54.8 Å². The Morgan fingerprint density at radius 2 is 1.63 bits per heavy atom. The lowest BCUT2D eigenvalue weighted by Crippen LogP contribution is -2.47. The van der Waals surface area contributed by atoms with Gasteiger partial charge >= 0.3 is 0 Å². The van der Waals surface area contributed by atoms with Gasteiger partial charge in [-0.2, -0.15) is 0 Å². The van der Waals surface area contributed by atoms with Gasteiger partial charge in [0.1, 0.15) is 17.6 Å². The third-order valence-electron chi connectivity index (χ3n) is 6.57. The van der Waals surface area contributed by atoms with Crippen molar-refractivity contribution in [1.29, 1.82) is 0 Å². The lowest BCUT2D eigenvalue weighted by molar-refractivity contribution is -0.123. The van der Waals surface area contributed by atoms with Crippen LogP contribution in [-0.4, -0.2) is 49.2 Å². The molecule has 1 aliphatic rings. The van der Waals surface area contributed by atoms with Gasteiger partial charge in [0.15, 0.2) is 11.5 Å². The smallest absolute Gasteiger partial charge is 0.279 e. The van der Waals surface area contributed by atoms with Crippen molar-refractivity contribution in [2.75, 3.05) is 26.2 Å². The van der Waals surface area contributed by atoms with Crippen molar-refractivity contribution in [2.45, 2.75) is 44.2 Å². The molecule has 200 valence electrons. The molecule has 1 N–H and O–H groups in total. The summed E-state index contributed by atoms with van der Waals surface area (Å²) in [5, 5.41) is 3.13. The third kappa shape index (κ3) is 5.85. The molecule has 9 nitrogen and oxygen atoms in total. The minimum absolute atomic E-state index is 0.0255. The van der Waals surface area contributed by atoms with Gasteiger partial charge in [0.2, 0.25) is 11.7 Å². The van der Waals surface area contributed by atoms with Crippen LogP contribution in [0, 0.1) is 5.82 Å². The highest BCUT2D eigenvalue weighted by Gasteiger charge is 2.36. The minimum Gasteiger partial charge on any atom is -0.493 e. The van der Waals surface area contributed by atoms with Crippen molar-refractivity contribution in [3.05, 3.63) is 72.1 Å². The van der Waals surface area contributed by atoms with Gasteiger partial charge in [0, 0.05) is 24.1 Å². The molecule has 0 saturated heterocycles. The van der Waals surface area contributed by atoms with Crippen LogP contribution < -0.4 is 24.4 Å². The van der Waals surface area contributed by atoms with Gasteiger partial charge in [-0.15, -0.1) is 0 Å². The highest BCUT2D eigenvalue weighted by Crippen LogP contribution is 2.42. The van der Waals surface area contributed by atoms with E-state index in [4.69, 9.17) is 14.2 Å². The normalized spacial score (nSPS) is 14.3. The van der Waals surface area contributed by atoms with Crippen LogP contribution in [0.25, 0.3) is 0 Å². The second-order valence-corrected chi connectivity index (χ2v) is 8.95. The molecule has 3 aromatic rings. The Kier molecular flexibility index (Phi) is 8.73. The number of aromatic nitrogens is 2. The Labute approximate surface area is 220 Å². The molecule has 1 saturated carbocycles. The molecular formula is C28H31FN4O5. The maximum Gasteiger partial charge on any atom is 0.279 e. The largest absolute Gasteiger partial charge is 0.493 e. The Hall–Kier alpha value is -4.21. The van der Waals surface area contributed by atoms with E-state index >= 15 is 0 Å². The molecule has 0 bridgehead atoms. The summed E-state index contributed by atoms with van der Waals surface area (Å²) in [5.74, 6) is -0.461. The summed E-state index contributed by atoms with van der Waals surface area (Å²) in [4.78, 5) is 37.5. The molecule has 1 heterocycles. The fourth-order valence-corrected chi connectivity index (χ4v) is 4.72.